The molecule has 0 heterocycles. The number of hydrogen-bond donors (Lipinski definition) is 0. The monoisotopic (exact) mass is 142 g/mol. The number of rotatable bonds is 4. The van der Waals surface area contributed by atoms with Crippen molar-refractivity contribution in [3.8, 4) is 0 Å². The maximum atomic E-state index is 5.08. The summed E-state index contributed by atoms with van der Waals surface area (Å²) in [6.45, 7) is 5.08. The largest absolute Gasteiger partial charge is 1.00 e. The van der Waals surface area contributed by atoms with Gasteiger partial charge in [0.1, 0.15) is 0 Å². The molecule has 0 rings (SSSR count). The van der Waals surface area contributed by atoms with Crippen LogP contribution in [0.1, 0.15) is 0 Å². The second-order valence-electron chi connectivity index (χ2n) is 1.53. The molecule has 0 bridgehead atoms. The Bertz CT molecular complexity index is 157. The molecule has 0 amide bonds. The fraction of sp³-hybridized carbons (Fsp3) is 0.111. The van der Waals surface area contributed by atoms with E-state index in [-0.39, 0.29) is 18.9 Å². The number of methoxy groups -OCH3 is 1. The van der Waals surface area contributed by atoms with Crippen molar-refractivity contribution in [2.45, 2.75) is 0 Å². The Morgan fingerprint density at radius 3 is 2.09 bits per heavy atom. The number of allylic oxidation sites excluding steroid dienone is 6. The Hall–Kier alpha value is -0.643. The first-order chi connectivity index (χ1) is 4.91. The molecule has 0 saturated carbocycles. The van der Waals surface area contributed by atoms with Crippen molar-refractivity contribution in [3.05, 3.63) is 49.3 Å². The molecule has 0 aromatic heterocycles. The molecule has 0 aliphatic carbocycles. The Morgan fingerprint density at radius 2 is 1.55 bits per heavy atom. The third-order valence-electron chi connectivity index (χ3n) is 0.770. The van der Waals surface area contributed by atoms with Crippen LogP contribution in [0.4, 0.5) is 0 Å². The summed E-state index contributed by atoms with van der Waals surface area (Å²) in [5.74, 6) is 0. The average molecular weight is 142 g/mol. The molecule has 54 valence electrons. The summed E-state index contributed by atoms with van der Waals surface area (Å²) in [6.07, 6.45) is 12.2. The molecule has 0 spiro atoms. The van der Waals surface area contributed by atoms with Gasteiger partial charge in [0.15, 0.2) is 0 Å². The van der Waals surface area contributed by atoms with Crippen LogP contribution in [0.3, 0.4) is 0 Å². The summed E-state index contributed by atoms with van der Waals surface area (Å²) in [4.78, 5) is 0. The van der Waals surface area contributed by atoms with Crippen LogP contribution < -0.4 is 18.9 Å². The van der Waals surface area contributed by atoms with Gasteiger partial charge < -0.3 is 4.74 Å². The molecular weight excluding hydrogens is 131 g/mol. The maximum Gasteiger partial charge on any atom is 1.00 e. The fourth-order valence-electron chi connectivity index (χ4n) is 0.381. The molecule has 11 heavy (non-hydrogen) atoms. The summed E-state index contributed by atoms with van der Waals surface area (Å²) < 4.78 is 4.66. The molecular formula is C9H11LiO. The second-order valence-corrected chi connectivity index (χ2v) is 1.53. The molecule has 0 radical (unpaired) electrons. The van der Waals surface area contributed by atoms with E-state index in [0.29, 0.717) is 0 Å². The molecule has 0 N–H and O–H groups in total. The van der Waals surface area contributed by atoms with E-state index in [4.69, 9.17) is 6.58 Å². The molecule has 0 aromatic carbocycles. The molecule has 0 saturated heterocycles. The minimum atomic E-state index is 0. The molecule has 0 fully saturated rings. The molecule has 0 aliphatic rings. The van der Waals surface area contributed by atoms with E-state index < -0.39 is 0 Å². The molecule has 2 heteroatoms. The van der Waals surface area contributed by atoms with E-state index in [9.17, 15) is 0 Å². The normalized spacial score (nSPS) is 10.6. The van der Waals surface area contributed by atoms with Gasteiger partial charge in [-0.15, -0.1) is 6.08 Å². The van der Waals surface area contributed by atoms with Crippen molar-refractivity contribution in [2.24, 2.45) is 0 Å². The van der Waals surface area contributed by atoms with Crippen LogP contribution in [0.25, 0.3) is 0 Å². The van der Waals surface area contributed by atoms with Crippen molar-refractivity contribution in [1.29, 1.82) is 0 Å². The van der Waals surface area contributed by atoms with Gasteiger partial charge in [0.05, 0.1) is 13.4 Å². The van der Waals surface area contributed by atoms with Gasteiger partial charge in [-0.2, -0.15) is 0 Å². The minimum Gasteiger partial charge on any atom is -0.504 e. The van der Waals surface area contributed by atoms with Crippen molar-refractivity contribution in [2.75, 3.05) is 7.11 Å². The first kappa shape index (κ1) is 13.0. The van der Waals surface area contributed by atoms with Gasteiger partial charge in [-0.3, -0.25) is 6.58 Å². The van der Waals surface area contributed by atoms with Crippen LogP contribution in [-0.2, 0) is 4.74 Å². The first-order valence-electron chi connectivity index (χ1n) is 2.98. The van der Waals surface area contributed by atoms with E-state index in [1.807, 2.05) is 18.2 Å². The molecule has 0 aromatic rings. The van der Waals surface area contributed by atoms with Crippen LogP contribution >= 0.6 is 0 Å². The average Bonchev–Trinajstić information content (AvgIpc) is 1.97. The van der Waals surface area contributed by atoms with Gasteiger partial charge in [0.2, 0.25) is 0 Å². The van der Waals surface area contributed by atoms with Crippen LogP contribution in [-0.4, -0.2) is 7.11 Å². The molecule has 0 unspecified atom stereocenters. The minimum absolute atomic E-state index is 0. The zero-order chi connectivity index (χ0) is 7.66. The predicted molar refractivity (Wildman–Crippen MR) is 43.3 cm³/mol. The number of hydrogen-bond acceptors (Lipinski definition) is 1. The van der Waals surface area contributed by atoms with E-state index in [1.165, 1.54) is 6.08 Å². The zero-order valence-electron chi connectivity index (χ0n) is 7.03. The van der Waals surface area contributed by atoms with Crippen LogP contribution in [0.15, 0.2) is 42.7 Å². The van der Waals surface area contributed by atoms with E-state index >= 15 is 0 Å². The van der Waals surface area contributed by atoms with Crippen molar-refractivity contribution in [3.63, 3.8) is 0 Å². The van der Waals surface area contributed by atoms with Gasteiger partial charge >= 0.3 is 18.9 Å². The third kappa shape index (κ3) is 12.5. The quantitative estimate of drug-likeness (QED) is 0.217. The zero-order valence-corrected chi connectivity index (χ0v) is 7.03. The Balaban J connectivity index is 0. The van der Waals surface area contributed by atoms with E-state index in [2.05, 4.69) is 4.74 Å². The number of ether oxygens (including phenoxy) is 1. The summed E-state index contributed by atoms with van der Waals surface area (Å²) >= 11 is 0. The SMILES string of the molecule is [CH-]=C/C=C/C=C/C=C/OC.[Li+]. The molecule has 0 aliphatic heterocycles. The van der Waals surface area contributed by atoms with Gasteiger partial charge in [0, 0.05) is 0 Å². The predicted octanol–water partition coefficient (Wildman–Crippen LogP) is -0.748. The smallest absolute Gasteiger partial charge is 0.504 e. The summed E-state index contributed by atoms with van der Waals surface area (Å²) in [7, 11) is 1.60. The van der Waals surface area contributed by atoms with E-state index in [0.717, 1.165) is 0 Å². The molecule has 1 nitrogen and oxygen atoms in total. The Labute approximate surface area is 80.3 Å². The molecule has 0 atom stereocenters. The van der Waals surface area contributed by atoms with Gasteiger partial charge in [-0.1, -0.05) is 12.2 Å². The van der Waals surface area contributed by atoms with Crippen LogP contribution in [0.5, 0.6) is 0 Å². The first-order valence-corrected chi connectivity index (χ1v) is 2.98. The van der Waals surface area contributed by atoms with Crippen LogP contribution in [0.2, 0.25) is 0 Å². The summed E-state index contributed by atoms with van der Waals surface area (Å²) in [5, 5.41) is 0. The van der Waals surface area contributed by atoms with Gasteiger partial charge in [-0.05, 0) is 6.08 Å². The van der Waals surface area contributed by atoms with Gasteiger partial charge in [-0.25, -0.2) is 12.2 Å². The standard InChI is InChI=1S/C9H11O.Li/c1-3-4-5-6-7-8-9-10-2;/h1,3-9H,2H3;/q-1;+1/b5-4+,7-6+,9-8+;. The second kappa shape index (κ2) is 12.1. The van der Waals surface area contributed by atoms with E-state index in [1.54, 1.807) is 25.5 Å². The maximum absolute atomic E-state index is 5.08. The Morgan fingerprint density at radius 1 is 1.00 bits per heavy atom. The third-order valence-corrected chi connectivity index (χ3v) is 0.770. The Kier molecular flexibility index (Phi) is 14.3. The van der Waals surface area contributed by atoms with Crippen molar-refractivity contribution >= 4 is 0 Å². The van der Waals surface area contributed by atoms with Crippen LogP contribution in [0, 0.1) is 6.58 Å². The topological polar surface area (TPSA) is 9.23 Å². The summed E-state index contributed by atoms with van der Waals surface area (Å²) in [6, 6.07) is 0. The van der Waals surface area contributed by atoms with Crippen molar-refractivity contribution < 1.29 is 23.6 Å². The summed E-state index contributed by atoms with van der Waals surface area (Å²) in [5.41, 5.74) is 0. The van der Waals surface area contributed by atoms with Crippen molar-refractivity contribution in [1.82, 2.24) is 0 Å². The fourth-order valence-corrected chi connectivity index (χ4v) is 0.381. The van der Waals surface area contributed by atoms with Gasteiger partial charge in [0.25, 0.3) is 0 Å².